The first-order valence-corrected chi connectivity index (χ1v) is 7.65. The zero-order valence-electron chi connectivity index (χ0n) is 12.6. The minimum atomic E-state index is 0.114. The predicted molar refractivity (Wildman–Crippen MR) is 83.4 cm³/mol. The van der Waals surface area contributed by atoms with Crippen molar-refractivity contribution in [3.63, 3.8) is 0 Å². The third-order valence-corrected chi connectivity index (χ3v) is 3.89. The molecule has 1 aromatic rings. The van der Waals surface area contributed by atoms with E-state index in [1.807, 2.05) is 12.1 Å². The average molecular weight is 276 g/mol. The van der Waals surface area contributed by atoms with Crippen molar-refractivity contribution in [2.75, 3.05) is 43.4 Å². The van der Waals surface area contributed by atoms with E-state index in [0.717, 1.165) is 31.6 Å². The normalized spacial score (nSPS) is 16.2. The zero-order chi connectivity index (χ0) is 14.4. The minimum Gasteiger partial charge on any atom is -0.360 e. The first kappa shape index (κ1) is 14.9. The summed E-state index contributed by atoms with van der Waals surface area (Å²) in [7, 11) is 2.24. The maximum atomic E-state index is 11.7. The van der Waals surface area contributed by atoms with Crippen LogP contribution in [0.4, 0.5) is 11.4 Å². The highest BCUT2D eigenvalue weighted by Crippen LogP contribution is 2.18. The lowest BCUT2D eigenvalue weighted by Crippen LogP contribution is -3.12. The molecule has 1 fully saturated rings. The molecule has 2 rings (SSSR count). The standard InChI is InChI=1S/C16H25N3O/c1-3-4-5-16(20)17-14-6-8-15(9-7-14)19-12-10-18(2)11-13-19/h6-9H,3-5,10-13H2,1-2H3,(H,17,20)/p+1. The van der Waals surface area contributed by atoms with E-state index in [4.69, 9.17) is 0 Å². The number of hydrogen-bond donors (Lipinski definition) is 2. The molecule has 0 unspecified atom stereocenters. The second-order valence-electron chi connectivity index (χ2n) is 5.64. The SMILES string of the molecule is CCCCC(=O)Nc1ccc(N2CC[NH+](C)CC2)cc1. The molecule has 1 aliphatic heterocycles. The van der Waals surface area contributed by atoms with Crippen LogP contribution in [0.1, 0.15) is 26.2 Å². The lowest BCUT2D eigenvalue weighted by atomic mass is 10.2. The van der Waals surface area contributed by atoms with Crippen molar-refractivity contribution in [1.29, 1.82) is 0 Å². The van der Waals surface area contributed by atoms with Gasteiger partial charge in [-0.2, -0.15) is 0 Å². The van der Waals surface area contributed by atoms with Crippen LogP contribution in [0.25, 0.3) is 0 Å². The molecule has 1 aliphatic rings. The van der Waals surface area contributed by atoms with Gasteiger partial charge in [-0.1, -0.05) is 13.3 Å². The van der Waals surface area contributed by atoms with Crippen LogP contribution in [0.2, 0.25) is 0 Å². The highest BCUT2D eigenvalue weighted by Gasteiger charge is 2.16. The number of rotatable bonds is 5. The molecule has 20 heavy (non-hydrogen) atoms. The third-order valence-electron chi connectivity index (χ3n) is 3.89. The fourth-order valence-corrected chi connectivity index (χ4v) is 2.46. The fourth-order valence-electron chi connectivity index (χ4n) is 2.46. The van der Waals surface area contributed by atoms with Crippen molar-refractivity contribution in [2.24, 2.45) is 0 Å². The first-order valence-electron chi connectivity index (χ1n) is 7.65. The van der Waals surface area contributed by atoms with Crippen LogP contribution >= 0.6 is 0 Å². The van der Waals surface area contributed by atoms with Gasteiger partial charge < -0.3 is 15.1 Å². The van der Waals surface area contributed by atoms with Crippen LogP contribution in [-0.2, 0) is 4.79 Å². The Labute approximate surface area is 121 Å². The van der Waals surface area contributed by atoms with E-state index in [1.54, 1.807) is 4.90 Å². The Bertz CT molecular complexity index is 422. The Kier molecular flexibility index (Phi) is 5.41. The van der Waals surface area contributed by atoms with E-state index in [0.29, 0.717) is 6.42 Å². The van der Waals surface area contributed by atoms with Crippen LogP contribution in [0.15, 0.2) is 24.3 Å². The van der Waals surface area contributed by atoms with Crippen molar-refractivity contribution >= 4 is 17.3 Å². The Morgan fingerprint density at radius 3 is 2.50 bits per heavy atom. The van der Waals surface area contributed by atoms with Crippen LogP contribution in [-0.4, -0.2) is 39.1 Å². The third kappa shape index (κ3) is 4.23. The molecule has 0 bridgehead atoms. The van der Waals surface area contributed by atoms with E-state index in [-0.39, 0.29) is 5.91 Å². The Morgan fingerprint density at radius 2 is 1.90 bits per heavy atom. The Hall–Kier alpha value is -1.55. The summed E-state index contributed by atoms with van der Waals surface area (Å²) >= 11 is 0. The number of unbranched alkanes of at least 4 members (excludes halogenated alkanes) is 1. The number of nitrogens with zero attached hydrogens (tertiary/aromatic N) is 1. The number of quaternary nitrogens is 1. The second kappa shape index (κ2) is 7.29. The van der Waals surface area contributed by atoms with Gasteiger partial charge in [0.05, 0.1) is 33.2 Å². The molecule has 0 radical (unpaired) electrons. The van der Waals surface area contributed by atoms with Crippen LogP contribution in [0.5, 0.6) is 0 Å². The number of likely N-dealkylation sites (N-methyl/N-ethyl adjacent to an activating group) is 1. The summed E-state index contributed by atoms with van der Waals surface area (Å²) in [5.41, 5.74) is 2.15. The number of amides is 1. The summed E-state index contributed by atoms with van der Waals surface area (Å²) in [6.07, 6.45) is 2.62. The number of nitrogens with one attached hydrogen (secondary N) is 2. The molecule has 2 N–H and O–H groups in total. The van der Waals surface area contributed by atoms with Gasteiger partial charge in [0, 0.05) is 17.8 Å². The van der Waals surface area contributed by atoms with E-state index < -0.39 is 0 Å². The Morgan fingerprint density at radius 1 is 1.25 bits per heavy atom. The van der Waals surface area contributed by atoms with Gasteiger partial charge in [0.15, 0.2) is 0 Å². The van der Waals surface area contributed by atoms with Gasteiger partial charge in [-0.3, -0.25) is 4.79 Å². The van der Waals surface area contributed by atoms with Gasteiger partial charge in [0.25, 0.3) is 0 Å². The zero-order valence-corrected chi connectivity index (χ0v) is 12.6. The minimum absolute atomic E-state index is 0.114. The number of piperazine rings is 1. The van der Waals surface area contributed by atoms with Gasteiger partial charge in [-0.25, -0.2) is 0 Å². The quantitative estimate of drug-likeness (QED) is 0.846. The number of hydrogen-bond acceptors (Lipinski definition) is 2. The maximum absolute atomic E-state index is 11.7. The largest absolute Gasteiger partial charge is 0.360 e. The number of anilines is 2. The molecule has 1 heterocycles. The molecule has 0 saturated carbocycles. The molecule has 0 aromatic heterocycles. The monoisotopic (exact) mass is 276 g/mol. The lowest BCUT2D eigenvalue weighted by Gasteiger charge is -2.31. The van der Waals surface area contributed by atoms with Crippen molar-refractivity contribution in [1.82, 2.24) is 0 Å². The molecule has 4 heteroatoms. The average Bonchev–Trinajstić information content (AvgIpc) is 2.47. The molecule has 0 aliphatic carbocycles. The maximum Gasteiger partial charge on any atom is 0.224 e. The van der Waals surface area contributed by atoms with Gasteiger partial charge in [-0.05, 0) is 30.7 Å². The topological polar surface area (TPSA) is 36.8 Å². The first-order chi connectivity index (χ1) is 9.69. The highest BCUT2D eigenvalue weighted by atomic mass is 16.1. The predicted octanol–water partition coefficient (Wildman–Crippen LogP) is 1.15. The molecular weight excluding hydrogens is 250 g/mol. The van der Waals surface area contributed by atoms with Crippen molar-refractivity contribution in [3.8, 4) is 0 Å². The van der Waals surface area contributed by atoms with Crippen molar-refractivity contribution in [2.45, 2.75) is 26.2 Å². The van der Waals surface area contributed by atoms with E-state index in [1.165, 1.54) is 18.8 Å². The van der Waals surface area contributed by atoms with Gasteiger partial charge >= 0.3 is 0 Å². The van der Waals surface area contributed by atoms with Gasteiger partial charge in [-0.15, -0.1) is 0 Å². The summed E-state index contributed by atoms with van der Waals surface area (Å²) in [5.74, 6) is 0.114. The fraction of sp³-hybridized carbons (Fsp3) is 0.562. The molecular formula is C16H26N3O+. The van der Waals surface area contributed by atoms with Gasteiger partial charge in [0.1, 0.15) is 0 Å². The molecule has 1 amide bonds. The molecule has 4 nitrogen and oxygen atoms in total. The number of benzene rings is 1. The van der Waals surface area contributed by atoms with Gasteiger partial charge in [0.2, 0.25) is 5.91 Å². The molecule has 0 atom stereocenters. The van der Waals surface area contributed by atoms with E-state index in [9.17, 15) is 4.79 Å². The van der Waals surface area contributed by atoms with Crippen LogP contribution in [0, 0.1) is 0 Å². The summed E-state index contributed by atoms with van der Waals surface area (Å²) in [5, 5.41) is 2.95. The molecule has 110 valence electrons. The van der Waals surface area contributed by atoms with Crippen molar-refractivity contribution < 1.29 is 9.69 Å². The lowest BCUT2D eigenvalue weighted by molar-refractivity contribution is -0.880. The van der Waals surface area contributed by atoms with E-state index >= 15 is 0 Å². The smallest absolute Gasteiger partial charge is 0.224 e. The van der Waals surface area contributed by atoms with Crippen LogP contribution in [0.3, 0.4) is 0 Å². The summed E-state index contributed by atoms with van der Waals surface area (Å²) < 4.78 is 0. The van der Waals surface area contributed by atoms with E-state index in [2.05, 4.69) is 36.3 Å². The number of carbonyl (C=O) groups is 1. The molecule has 0 spiro atoms. The summed E-state index contributed by atoms with van der Waals surface area (Å²) in [4.78, 5) is 15.7. The molecule has 1 saturated heterocycles. The second-order valence-corrected chi connectivity index (χ2v) is 5.64. The Balaban J connectivity index is 1.88. The highest BCUT2D eigenvalue weighted by molar-refractivity contribution is 5.90. The van der Waals surface area contributed by atoms with Crippen molar-refractivity contribution in [3.05, 3.63) is 24.3 Å². The van der Waals surface area contributed by atoms with Crippen LogP contribution < -0.4 is 15.1 Å². The number of carbonyl (C=O) groups excluding carboxylic acids is 1. The summed E-state index contributed by atoms with van der Waals surface area (Å²) in [6, 6.07) is 8.22. The molecule has 1 aromatic carbocycles. The summed E-state index contributed by atoms with van der Waals surface area (Å²) in [6.45, 7) is 6.69.